The van der Waals surface area contributed by atoms with E-state index in [4.69, 9.17) is 4.52 Å². The quantitative estimate of drug-likeness (QED) is 0.722. The van der Waals surface area contributed by atoms with Crippen LogP contribution in [0.5, 0.6) is 5.75 Å². The van der Waals surface area contributed by atoms with E-state index < -0.39 is 7.49 Å². The molecule has 0 radical (unpaired) electrons. The average molecular weight is 307 g/mol. The first-order chi connectivity index (χ1) is 6.99. The summed E-state index contributed by atoms with van der Waals surface area (Å²) in [6, 6.07) is 10.2. The molecule has 0 saturated carbocycles. The number of rotatable bonds is 5. The molecule has 94 valence electrons. The van der Waals surface area contributed by atoms with E-state index >= 15 is 0 Å². The van der Waals surface area contributed by atoms with Gasteiger partial charge in [-0.25, -0.2) is 0 Å². The van der Waals surface area contributed by atoms with Gasteiger partial charge in [-0.2, -0.15) is 0 Å². The molecule has 1 aromatic rings. The van der Waals surface area contributed by atoms with Gasteiger partial charge in [0.05, 0.1) is 0 Å². The van der Waals surface area contributed by atoms with Crippen molar-refractivity contribution in [1.29, 1.82) is 0 Å². The zero-order valence-electron chi connectivity index (χ0n) is 10.7. The van der Waals surface area contributed by atoms with Gasteiger partial charge in [0.15, 0.2) is 0 Å². The van der Waals surface area contributed by atoms with Crippen molar-refractivity contribution in [2.75, 3.05) is 19.5 Å². The summed E-state index contributed by atoms with van der Waals surface area (Å²) in [5, 5.41) is 0. The second-order valence-electron chi connectivity index (χ2n) is 5.11. The SMILES string of the molecule is Br.CC(C)CC[PH](C)(C)Oc1ccccc1. The normalized spacial score (nSPS) is 12.1. The fourth-order valence-corrected chi connectivity index (χ4v) is 3.64. The second-order valence-corrected chi connectivity index (χ2v) is 9.33. The maximum absolute atomic E-state index is 6.09. The summed E-state index contributed by atoms with van der Waals surface area (Å²) in [6.45, 7) is 9.13. The van der Waals surface area contributed by atoms with Crippen molar-refractivity contribution in [3.05, 3.63) is 30.3 Å². The zero-order valence-corrected chi connectivity index (χ0v) is 13.4. The van der Waals surface area contributed by atoms with Gasteiger partial charge in [0.1, 0.15) is 0 Å². The number of benzene rings is 1. The van der Waals surface area contributed by atoms with Crippen molar-refractivity contribution in [2.45, 2.75) is 20.3 Å². The van der Waals surface area contributed by atoms with Crippen molar-refractivity contribution >= 4 is 24.5 Å². The van der Waals surface area contributed by atoms with Crippen molar-refractivity contribution in [2.24, 2.45) is 5.92 Å². The molecular weight excluding hydrogens is 283 g/mol. The van der Waals surface area contributed by atoms with Gasteiger partial charge in [-0.05, 0) is 0 Å². The molecular formula is C13H24BrOP. The summed E-state index contributed by atoms with van der Waals surface area (Å²) < 4.78 is 6.09. The summed E-state index contributed by atoms with van der Waals surface area (Å²) in [5.41, 5.74) is 0. The Morgan fingerprint density at radius 2 is 1.69 bits per heavy atom. The molecule has 16 heavy (non-hydrogen) atoms. The Labute approximate surface area is 111 Å². The number of hydrogen-bond acceptors (Lipinski definition) is 1. The van der Waals surface area contributed by atoms with Gasteiger partial charge in [0.2, 0.25) is 0 Å². The number of para-hydroxylation sites is 1. The van der Waals surface area contributed by atoms with Crippen molar-refractivity contribution in [3.63, 3.8) is 0 Å². The van der Waals surface area contributed by atoms with Gasteiger partial charge in [-0.15, -0.1) is 17.0 Å². The van der Waals surface area contributed by atoms with Crippen LogP contribution in [0.2, 0.25) is 0 Å². The second kappa shape index (κ2) is 7.29. The predicted molar refractivity (Wildman–Crippen MR) is 81.9 cm³/mol. The monoisotopic (exact) mass is 306 g/mol. The van der Waals surface area contributed by atoms with E-state index in [0.29, 0.717) is 0 Å². The van der Waals surface area contributed by atoms with Crippen LogP contribution < -0.4 is 4.52 Å². The molecule has 0 bridgehead atoms. The Bertz CT molecular complexity index is 285. The molecule has 1 aromatic carbocycles. The van der Waals surface area contributed by atoms with Crippen molar-refractivity contribution < 1.29 is 4.52 Å². The minimum absolute atomic E-state index is 0. The molecule has 0 aromatic heterocycles. The van der Waals surface area contributed by atoms with E-state index in [1.807, 2.05) is 30.3 Å². The van der Waals surface area contributed by atoms with Crippen LogP contribution in [-0.2, 0) is 0 Å². The van der Waals surface area contributed by atoms with Crippen LogP contribution in [0.25, 0.3) is 0 Å². The van der Waals surface area contributed by atoms with E-state index in [0.717, 1.165) is 11.7 Å². The summed E-state index contributed by atoms with van der Waals surface area (Å²) in [7, 11) is -1.51. The molecule has 0 saturated heterocycles. The van der Waals surface area contributed by atoms with Crippen LogP contribution in [0.1, 0.15) is 20.3 Å². The van der Waals surface area contributed by atoms with Crippen LogP contribution in [0.15, 0.2) is 30.3 Å². The van der Waals surface area contributed by atoms with E-state index in [-0.39, 0.29) is 17.0 Å². The molecule has 0 N–H and O–H groups in total. The third-order valence-corrected chi connectivity index (χ3v) is 4.74. The summed E-state index contributed by atoms with van der Waals surface area (Å²) in [5.74, 6) is 1.80. The standard InChI is InChI=1S/C13H23OP.BrH/c1-12(2)10-11-15(3,4)14-13-8-6-5-7-9-13;/h5-9,12,15H,10-11H2,1-4H3;1H. The first-order valence-corrected chi connectivity index (χ1v) is 8.85. The Balaban J connectivity index is 0.00000225. The Hall–Kier alpha value is -0.0700. The van der Waals surface area contributed by atoms with E-state index in [1.54, 1.807) is 0 Å². The number of halogens is 1. The van der Waals surface area contributed by atoms with Gasteiger partial charge in [-0.3, -0.25) is 0 Å². The van der Waals surface area contributed by atoms with Crippen molar-refractivity contribution in [1.82, 2.24) is 0 Å². The topological polar surface area (TPSA) is 9.23 Å². The Kier molecular flexibility index (Phi) is 7.26. The van der Waals surface area contributed by atoms with Crippen LogP contribution in [0.3, 0.4) is 0 Å². The molecule has 0 amide bonds. The first-order valence-electron chi connectivity index (χ1n) is 5.74. The summed E-state index contributed by atoms with van der Waals surface area (Å²) in [6.07, 6.45) is 2.51. The van der Waals surface area contributed by atoms with Gasteiger partial charge >= 0.3 is 93.8 Å². The minimum atomic E-state index is -1.51. The van der Waals surface area contributed by atoms with Crippen molar-refractivity contribution in [3.8, 4) is 5.75 Å². The van der Waals surface area contributed by atoms with Gasteiger partial charge in [0, 0.05) is 0 Å². The maximum atomic E-state index is 6.09. The predicted octanol–water partition coefficient (Wildman–Crippen LogP) is 4.61. The Morgan fingerprint density at radius 3 is 2.19 bits per heavy atom. The van der Waals surface area contributed by atoms with Gasteiger partial charge in [0.25, 0.3) is 0 Å². The van der Waals surface area contributed by atoms with E-state index in [9.17, 15) is 0 Å². The molecule has 0 aliphatic carbocycles. The van der Waals surface area contributed by atoms with E-state index in [1.165, 1.54) is 12.6 Å². The Morgan fingerprint density at radius 1 is 1.12 bits per heavy atom. The molecule has 0 unspecified atom stereocenters. The molecule has 0 atom stereocenters. The molecule has 1 nitrogen and oxygen atoms in total. The molecule has 0 fully saturated rings. The fourth-order valence-electron chi connectivity index (χ4n) is 1.49. The summed E-state index contributed by atoms with van der Waals surface area (Å²) >= 11 is 0. The number of hydrogen-bond donors (Lipinski definition) is 0. The summed E-state index contributed by atoms with van der Waals surface area (Å²) in [4.78, 5) is 0. The molecule has 0 aliphatic rings. The molecule has 1 rings (SSSR count). The molecule has 0 heterocycles. The molecule has 0 aliphatic heterocycles. The average Bonchev–Trinajstić information content (AvgIpc) is 2.16. The first kappa shape index (κ1) is 15.9. The van der Waals surface area contributed by atoms with Crippen LogP contribution in [0.4, 0.5) is 0 Å². The molecule has 3 heteroatoms. The zero-order chi connectivity index (χ0) is 11.3. The fraction of sp³-hybridized carbons (Fsp3) is 0.538. The van der Waals surface area contributed by atoms with Crippen LogP contribution in [0, 0.1) is 5.92 Å². The third kappa shape index (κ3) is 6.50. The molecule has 0 spiro atoms. The van der Waals surface area contributed by atoms with Crippen LogP contribution >= 0.6 is 24.5 Å². The van der Waals surface area contributed by atoms with Gasteiger partial charge < -0.3 is 0 Å². The van der Waals surface area contributed by atoms with Crippen LogP contribution in [-0.4, -0.2) is 19.5 Å². The van der Waals surface area contributed by atoms with E-state index in [2.05, 4.69) is 27.2 Å². The third-order valence-electron chi connectivity index (χ3n) is 2.46. The van der Waals surface area contributed by atoms with Gasteiger partial charge in [-0.1, -0.05) is 0 Å².